The molecular weight excluding hydrogens is 336 g/mol. The molecule has 142 valence electrons. The molecular formula is C19H32N2O3S. The van der Waals surface area contributed by atoms with Crippen LogP contribution in [0.1, 0.15) is 70.6 Å². The number of aromatic amines is 1. The standard InChI is InChI=1S/C19H32N2O3S/c1-5-6-7-8-9-10-11-25-19-20-15(4)16(18(23)21-19)12-17(22)24-13-14(2)3/h14H,5-13H2,1-4H3,(H,20,21,23). The second kappa shape index (κ2) is 12.1. The van der Waals surface area contributed by atoms with Gasteiger partial charge in [-0.05, 0) is 19.3 Å². The van der Waals surface area contributed by atoms with E-state index in [9.17, 15) is 9.59 Å². The quantitative estimate of drug-likeness (QED) is 0.258. The second-order valence-corrected chi connectivity index (χ2v) is 7.89. The highest BCUT2D eigenvalue weighted by Gasteiger charge is 2.14. The van der Waals surface area contributed by atoms with Crippen LogP contribution >= 0.6 is 11.8 Å². The van der Waals surface area contributed by atoms with Crippen molar-refractivity contribution in [3.63, 3.8) is 0 Å². The fourth-order valence-corrected chi connectivity index (χ4v) is 3.28. The third kappa shape index (κ3) is 9.10. The topological polar surface area (TPSA) is 72.0 Å². The SMILES string of the molecule is CCCCCCCCSc1nc(C)c(CC(=O)OCC(C)C)c(=O)[nH]1. The molecule has 25 heavy (non-hydrogen) atoms. The molecule has 0 saturated carbocycles. The number of ether oxygens (including phenoxy) is 1. The molecule has 0 atom stereocenters. The fraction of sp³-hybridized carbons (Fsp3) is 0.737. The zero-order chi connectivity index (χ0) is 18.7. The molecule has 1 rings (SSSR count). The summed E-state index contributed by atoms with van der Waals surface area (Å²) in [5.41, 5.74) is 0.771. The number of carbonyl (C=O) groups is 1. The number of aryl methyl sites for hydroxylation is 1. The Labute approximate surface area is 155 Å². The van der Waals surface area contributed by atoms with Gasteiger partial charge in [0.1, 0.15) is 0 Å². The molecule has 0 radical (unpaired) electrons. The Morgan fingerprint density at radius 2 is 1.88 bits per heavy atom. The average Bonchev–Trinajstić information content (AvgIpc) is 2.55. The number of nitrogens with zero attached hydrogens (tertiary/aromatic N) is 1. The van der Waals surface area contributed by atoms with Crippen LogP contribution in [0.25, 0.3) is 0 Å². The van der Waals surface area contributed by atoms with Gasteiger partial charge in [-0.3, -0.25) is 9.59 Å². The Bertz CT molecular complexity index is 585. The lowest BCUT2D eigenvalue weighted by Crippen LogP contribution is -2.22. The number of hydrogen-bond donors (Lipinski definition) is 1. The van der Waals surface area contributed by atoms with E-state index < -0.39 is 0 Å². The van der Waals surface area contributed by atoms with Crippen LogP contribution in [0.3, 0.4) is 0 Å². The molecule has 0 aliphatic heterocycles. The van der Waals surface area contributed by atoms with Crippen molar-refractivity contribution >= 4 is 17.7 Å². The van der Waals surface area contributed by atoms with Crippen molar-refractivity contribution < 1.29 is 9.53 Å². The van der Waals surface area contributed by atoms with Gasteiger partial charge >= 0.3 is 5.97 Å². The highest BCUT2D eigenvalue weighted by Crippen LogP contribution is 2.16. The number of rotatable bonds is 12. The van der Waals surface area contributed by atoms with Gasteiger partial charge in [0.25, 0.3) is 5.56 Å². The zero-order valence-corrected chi connectivity index (χ0v) is 16.8. The molecule has 1 aromatic heterocycles. The predicted molar refractivity (Wildman–Crippen MR) is 103 cm³/mol. The lowest BCUT2D eigenvalue weighted by atomic mass is 10.1. The lowest BCUT2D eigenvalue weighted by Gasteiger charge is -2.09. The molecule has 0 aliphatic carbocycles. The molecule has 0 amide bonds. The van der Waals surface area contributed by atoms with Gasteiger partial charge in [0, 0.05) is 17.0 Å². The van der Waals surface area contributed by atoms with Crippen LogP contribution in [0.2, 0.25) is 0 Å². The third-order valence-electron chi connectivity index (χ3n) is 3.84. The summed E-state index contributed by atoms with van der Waals surface area (Å²) in [6.45, 7) is 8.31. The molecule has 1 N–H and O–H groups in total. The predicted octanol–water partition coefficient (Wildman–Crippen LogP) is 4.27. The first-order chi connectivity index (χ1) is 11.9. The minimum atomic E-state index is -0.378. The number of thioether (sulfide) groups is 1. The fourth-order valence-electron chi connectivity index (χ4n) is 2.37. The van der Waals surface area contributed by atoms with Crippen LogP contribution in [-0.2, 0) is 16.0 Å². The summed E-state index contributed by atoms with van der Waals surface area (Å²) < 4.78 is 5.14. The molecule has 0 aromatic carbocycles. The molecule has 1 heterocycles. The van der Waals surface area contributed by atoms with Crippen molar-refractivity contribution in [2.24, 2.45) is 5.92 Å². The lowest BCUT2D eigenvalue weighted by molar-refractivity contribution is -0.143. The minimum Gasteiger partial charge on any atom is -0.465 e. The van der Waals surface area contributed by atoms with E-state index in [2.05, 4.69) is 16.9 Å². The van der Waals surface area contributed by atoms with Crippen LogP contribution in [-0.4, -0.2) is 28.3 Å². The molecule has 0 aliphatic rings. The summed E-state index contributed by atoms with van der Waals surface area (Å²) in [6.07, 6.45) is 7.46. The van der Waals surface area contributed by atoms with Crippen LogP contribution in [0.5, 0.6) is 0 Å². The zero-order valence-electron chi connectivity index (χ0n) is 16.0. The normalized spacial score (nSPS) is 11.1. The summed E-state index contributed by atoms with van der Waals surface area (Å²) in [7, 11) is 0. The number of hydrogen-bond acceptors (Lipinski definition) is 5. The number of unbranched alkanes of at least 4 members (excludes halogenated alkanes) is 5. The van der Waals surface area contributed by atoms with Crippen LogP contribution in [0.15, 0.2) is 9.95 Å². The van der Waals surface area contributed by atoms with Crippen LogP contribution < -0.4 is 5.56 Å². The maximum absolute atomic E-state index is 12.2. The van der Waals surface area contributed by atoms with Gasteiger partial charge in [0.2, 0.25) is 0 Å². The van der Waals surface area contributed by atoms with E-state index in [1.807, 2.05) is 13.8 Å². The van der Waals surface area contributed by atoms with E-state index in [1.165, 1.54) is 32.1 Å². The Hall–Kier alpha value is -1.30. The monoisotopic (exact) mass is 368 g/mol. The molecule has 1 aromatic rings. The van der Waals surface area contributed by atoms with Gasteiger partial charge in [-0.2, -0.15) is 0 Å². The number of esters is 1. The number of carbonyl (C=O) groups excluding carboxylic acids is 1. The Morgan fingerprint density at radius 3 is 2.52 bits per heavy atom. The molecule has 0 spiro atoms. The first kappa shape index (κ1) is 21.7. The van der Waals surface area contributed by atoms with Gasteiger partial charge in [-0.1, -0.05) is 64.6 Å². The van der Waals surface area contributed by atoms with Gasteiger partial charge in [-0.25, -0.2) is 4.98 Å². The molecule has 0 saturated heterocycles. The van der Waals surface area contributed by atoms with Crippen molar-refractivity contribution in [1.82, 2.24) is 9.97 Å². The van der Waals surface area contributed by atoms with Crippen molar-refractivity contribution in [3.05, 3.63) is 21.6 Å². The minimum absolute atomic E-state index is 0.0245. The molecule has 5 nitrogen and oxygen atoms in total. The second-order valence-electron chi connectivity index (χ2n) is 6.80. The van der Waals surface area contributed by atoms with Gasteiger partial charge in [0.05, 0.1) is 13.0 Å². The van der Waals surface area contributed by atoms with E-state index in [-0.39, 0.29) is 23.9 Å². The third-order valence-corrected chi connectivity index (χ3v) is 4.80. The summed E-state index contributed by atoms with van der Waals surface area (Å²) in [5.74, 6) is 0.850. The van der Waals surface area contributed by atoms with E-state index in [4.69, 9.17) is 4.74 Å². The van der Waals surface area contributed by atoms with Crippen molar-refractivity contribution in [2.45, 2.75) is 77.8 Å². The van der Waals surface area contributed by atoms with Gasteiger partial charge in [-0.15, -0.1) is 0 Å². The highest BCUT2D eigenvalue weighted by molar-refractivity contribution is 7.99. The highest BCUT2D eigenvalue weighted by atomic mass is 32.2. The summed E-state index contributed by atoms with van der Waals surface area (Å²) in [4.78, 5) is 31.3. The molecule has 0 unspecified atom stereocenters. The van der Waals surface area contributed by atoms with E-state index >= 15 is 0 Å². The largest absolute Gasteiger partial charge is 0.465 e. The average molecular weight is 369 g/mol. The van der Waals surface area contributed by atoms with Crippen molar-refractivity contribution in [3.8, 4) is 0 Å². The van der Waals surface area contributed by atoms with E-state index in [0.717, 1.165) is 12.2 Å². The van der Waals surface area contributed by atoms with E-state index in [1.54, 1.807) is 18.7 Å². The molecule has 0 fully saturated rings. The van der Waals surface area contributed by atoms with Crippen LogP contribution in [0, 0.1) is 12.8 Å². The summed E-state index contributed by atoms with van der Waals surface area (Å²) >= 11 is 1.57. The smallest absolute Gasteiger partial charge is 0.310 e. The summed E-state index contributed by atoms with van der Waals surface area (Å²) in [5, 5.41) is 0.635. The first-order valence-electron chi connectivity index (χ1n) is 9.32. The van der Waals surface area contributed by atoms with Crippen LogP contribution in [0.4, 0.5) is 0 Å². The first-order valence-corrected chi connectivity index (χ1v) is 10.3. The number of aromatic nitrogens is 2. The Morgan fingerprint density at radius 1 is 1.20 bits per heavy atom. The number of H-pyrrole nitrogens is 1. The number of nitrogens with one attached hydrogen (secondary N) is 1. The maximum atomic E-state index is 12.2. The van der Waals surface area contributed by atoms with Gasteiger partial charge < -0.3 is 9.72 Å². The van der Waals surface area contributed by atoms with Crippen molar-refractivity contribution in [2.75, 3.05) is 12.4 Å². The van der Waals surface area contributed by atoms with Gasteiger partial charge in [0.15, 0.2) is 5.16 Å². The van der Waals surface area contributed by atoms with Crippen molar-refractivity contribution in [1.29, 1.82) is 0 Å². The van der Waals surface area contributed by atoms with E-state index in [0.29, 0.717) is 23.0 Å². The summed E-state index contributed by atoms with van der Waals surface area (Å²) in [6, 6.07) is 0. The maximum Gasteiger partial charge on any atom is 0.310 e. The molecule has 0 bridgehead atoms. The molecule has 6 heteroatoms. The Kier molecular flexibility index (Phi) is 10.5. The Balaban J connectivity index is 2.47.